The van der Waals surface area contributed by atoms with Crippen LogP contribution >= 0.6 is 0 Å². The highest BCUT2D eigenvalue weighted by atomic mass is 15.3. The lowest BCUT2D eigenvalue weighted by atomic mass is 10.0. The first-order valence-electron chi connectivity index (χ1n) is 8.06. The average Bonchev–Trinajstić information content (AvgIpc) is 2.61. The molecular formula is C19H21N5. The summed E-state index contributed by atoms with van der Waals surface area (Å²) in [7, 11) is 0. The third kappa shape index (κ3) is 4.07. The van der Waals surface area contributed by atoms with Crippen molar-refractivity contribution in [3.05, 3.63) is 71.9 Å². The topological polar surface area (TPSA) is 62.7 Å². The maximum Gasteiger partial charge on any atom is 0.249 e. The molecule has 0 saturated carbocycles. The first-order chi connectivity index (χ1) is 11.7. The van der Waals surface area contributed by atoms with Crippen molar-refractivity contribution in [1.82, 2.24) is 15.2 Å². The molecular weight excluding hydrogens is 298 g/mol. The van der Waals surface area contributed by atoms with Gasteiger partial charge in [0.2, 0.25) is 5.95 Å². The molecule has 3 rings (SSSR count). The Hall–Kier alpha value is -2.95. The van der Waals surface area contributed by atoms with Gasteiger partial charge >= 0.3 is 0 Å². The number of nitrogens with zero attached hydrogens (tertiary/aromatic N) is 3. The normalized spacial score (nSPS) is 10.6. The summed E-state index contributed by atoms with van der Waals surface area (Å²) in [5, 5.41) is 14.6. The third-order valence-electron chi connectivity index (χ3n) is 3.70. The lowest BCUT2D eigenvalue weighted by Crippen LogP contribution is -2.06. The predicted molar refractivity (Wildman–Crippen MR) is 97.4 cm³/mol. The lowest BCUT2D eigenvalue weighted by molar-refractivity contribution is 0.867. The molecule has 0 amide bonds. The molecule has 24 heavy (non-hydrogen) atoms. The molecule has 2 N–H and O–H groups in total. The highest BCUT2D eigenvalue weighted by Crippen LogP contribution is 2.25. The Bertz CT molecular complexity index is 787. The second kappa shape index (κ2) is 7.55. The Labute approximate surface area is 142 Å². The molecule has 1 heterocycles. The standard InChI is InChI=1S/C19H21N5/c1-14(2)16-10-6-7-11-17(16)22-19-23-18(13-21-24-19)20-12-15-8-4-3-5-9-15/h3-11,13-14H,12H2,1-2H3,(H2,20,22,23,24). The molecule has 0 aliphatic rings. The van der Waals surface area contributed by atoms with Crippen molar-refractivity contribution in [3.63, 3.8) is 0 Å². The first kappa shape index (κ1) is 15.9. The first-order valence-corrected chi connectivity index (χ1v) is 8.06. The number of anilines is 3. The van der Waals surface area contributed by atoms with Crippen molar-refractivity contribution >= 4 is 17.5 Å². The Morgan fingerprint density at radius 2 is 1.71 bits per heavy atom. The van der Waals surface area contributed by atoms with Crippen molar-refractivity contribution in [3.8, 4) is 0 Å². The van der Waals surface area contributed by atoms with Crippen LogP contribution in [-0.4, -0.2) is 15.2 Å². The van der Waals surface area contributed by atoms with Gasteiger partial charge in [0.15, 0.2) is 5.82 Å². The van der Waals surface area contributed by atoms with E-state index in [-0.39, 0.29) is 0 Å². The highest BCUT2D eigenvalue weighted by Gasteiger charge is 2.08. The maximum atomic E-state index is 4.49. The molecule has 0 aliphatic carbocycles. The van der Waals surface area contributed by atoms with Gasteiger partial charge in [-0.25, -0.2) is 0 Å². The molecule has 1 aromatic heterocycles. The van der Waals surface area contributed by atoms with Crippen LogP contribution in [0, 0.1) is 0 Å². The van der Waals surface area contributed by atoms with Gasteiger partial charge in [-0.3, -0.25) is 0 Å². The fourth-order valence-electron chi connectivity index (χ4n) is 2.46. The summed E-state index contributed by atoms with van der Waals surface area (Å²) >= 11 is 0. The molecule has 0 atom stereocenters. The largest absolute Gasteiger partial charge is 0.365 e. The number of para-hydroxylation sites is 1. The van der Waals surface area contributed by atoms with Gasteiger partial charge < -0.3 is 10.6 Å². The van der Waals surface area contributed by atoms with Gasteiger partial charge in [-0.05, 0) is 23.1 Å². The minimum Gasteiger partial charge on any atom is -0.365 e. The van der Waals surface area contributed by atoms with E-state index in [9.17, 15) is 0 Å². The zero-order valence-corrected chi connectivity index (χ0v) is 13.9. The van der Waals surface area contributed by atoms with Crippen LogP contribution < -0.4 is 10.6 Å². The number of hydrogen-bond acceptors (Lipinski definition) is 5. The molecule has 122 valence electrons. The number of nitrogens with one attached hydrogen (secondary N) is 2. The van der Waals surface area contributed by atoms with E-state index in [1.165, 1.54) is 11.1 Å². The van der Waals surface area contributed by atoms with Crippen molar-refractivity contribution < 1.29 is 0 Å². The van der Waals surface area contributed by atoms with E-state index in [1.807, 2.05) is 36.4 Å². The number of hydrogen-bond donors (Lipinski definition) is 2. The number of rotatable bonds is 6. The summed E-state index contributed by atoms with van der Waals surface area (Å²) in [5.74, 6) is 1.60. The Kier molecular flexibility index (Phi) is 5.01. The zero-order chi connectivity index (χ0) is 16.8. The fourth-order valence-corrected chi connectivity index (χ4v) is 2.46. The average molecular weight is 319 g/mol. The molecule has 0 radical (unpaired) electrons. The van der Waals surface area contributed by atoms with Gasteiger partial charge in [0.05, 0.1) is 6.20 Å². The lowest BCUT2D eigenvalue weighted by Gasteiger charge is -2.13. The number of aromatic nitrogens is 3. The second-order valence-corrected chi connectivity index (χ2v) is 5.87. The van der Waals surface area contributed by atoms with E-state index in [1.54, 1.807) is 6.20 Å². The summed E-state index contributed by atoms with van der Waals surface area (Å²) in [6, 6.07) is 18.4. The predicted octanol–water partition coefficient (Wildman–Crippen LogP) is 4.35. The van der Waals surface area contributed by atoms with Gasteiger partial charge in [-0.15, -0.1) is 5.10 Å². The minimum atomic E-state index is 0.418. The van der Waals surface area contributed by atoms with Crippen LogP contribution in [0.3, 0.4) is 0 Å². The summed E-state index contributed by atoms with van der Waals surface area (Å²) < 4.78 is 0. The summed E-state index contributed by atoms with van der Waals surface area (Å²) in [4.78, 5) is 4.49. The highest BCUT2D eigenvalue weighted by molar-refractivity contribution is 5.59. The van der Waals surface area contributed by atoms with E-state index in [4.69, 9.17) is 0 Å². The van der Waals surface area contributed by atoms with E-state index in [0.29, 0.717) is 24.2 Å². The van der Waals surface area contributed by atoms with Gasteiger partial charge in [0.25, 0.3) is 0 Å². The van der Waals surface area contributed by atoms with Crippen LogP contribution in [0.2, 0.25) is 0 Å². The van der Waals surface area contributed by atoms with Crippen LogP contribution in [0.4, 0.5) is 17.5 Å². The van der Waals surface area contributed by atoms with E-state index in [0.717, 1.165) is 5.69 Å². The summed E-state index contributed by atoms with van der Waals surface area (Å²) in [5.41, 5.74) is 3.43. The van der Waals surface area contributed by atoms with Crippen LogP contribution in [0.5, 0.6) is 0 Å². The molecule has 3 aromatic rings. The molecule has 0 aliphatic heterocycles. The Morgan fingerprint density at radius 1 is 0.958 bits per heavy atom. The number of benzene rings is 2. The molecule has 5 nitrogen and oxygen atoms in total. The molecule has 5 heteroatoms. The van der Waals surface area contributed by atoms with E-state index in [2.05, 4.69) is 57.9 Å². The van der Waals surface area contributed by atoms with E-state index < -0.39 is 0 Å². The SMILES string of the molecule is CC(C)c1ccccc1Nc1nncc(NCc2ccccc2)n1. The van der Waals surface area contributed by atoms with E-state index >= 15 is 0 Å². The molecule has 0 saturated heterocycles. The molecule has 0 unspecified atom stereocenters. The quantitative estimate of drug-likeness (QED) is 0.707. The molecule has 0 fully saturated rings. The summed E-state index contributed by atoms with van der Waals surface area (Å²) in [6.45, 7) is 5.02. The fraction of sp³-hybridized carbons (Fsp3) is 0.211. The van der Waals surface area contributed by atoms with Gasteiger partial charge in [-0.2, -0.15) is 10.1 Å². The van der Waals surface area contributed by atoms with Crippen molar-refractivity contribution in [2.45, 2.75) is 26.3 Å². The van der Waals surface area contributed by atoms with Gasteiger partial charge in [0, 0.05) is 12.2 Å². The molecule has 0 bridgehead atoms. The van der Waals surface area contributed by atoms with Crippen LogP contribution in [0.1, 0.15) is 30.9 Å². The Morgan fingerprint density at radius 3 is 2.50 bits per heavy atom. The van der Waals surface area contributed by atoms with Crippen LogP contribution in [-0.2, 0) is 6.54 Å². The van der Waals surface area contributed by atoms with Crippen molar-refractivity contribution in [2.24, 2.45) is 0 Å². The second-order valence-electron chi connectivity index (χ2n) is 5.87. The maximum absolute atomic E-state index is 4.49. The monoisotopic (exact) mass is 319 g/mol. The zero-order valence-electron chi connectivity index (χ0n) is 13.9. The van der Waals surface area contributed by atoms with Crippen molar-refractivity contribution in [1.29, 1.82) is 0 Å². The van der Waals surface area contributed by atoms with Crippen LogP contribution in [0.25, 0.3) is 0 Å². The van der Waals surface area contributed by atoms with Crippen molar-refractivity contribution in [2.75, 3.05) is 10.6 Å². The van der Waals surface area contributed by atoms with Crippen LogP contribution in [0.15, 0.2) is 60.8 Å². The third-order valence-corrected chi connectivity index (χ3v) is 3.70. The van der Waals surface area contributed by atoms with Gasteiger partial charge in [-0.1, -0.05) is 62.4 Å². The minimum absolute atomic E-state index is 0.418. The summed E-state index contributed by atoms with van der Waals surface area (Å²) in [6.07, 6.45) is 1.63. The van der Waals surface area contributed by atoms with Gasteiger partial charge in [0.1, 0.15) is 0 Å². The Balaban J connectivity index is 1.72. The molecule has 2 aromatic carbocycles. The smallest absolute Gasteiger partial charge is 0.249 e. The molecule has 0 spiro atoms.